The number of rotatable bonds is 3. The average molecular weight is 265 g/mol. The van der Waals surface area contributed by atoms with Crippen molar-refractivity contribution in [3.8, 4) is 5.69 Å². The molecule has 0 amide bonds. The van der Waals surface area contributed by atoms with Crippen LogP contribution in [-0.2, 0) is 6.42 Å². The summed E-state index contributed by atoms with van der Waals surface area (Å²) in [6, 6.07) is 5.87. The zero-order chi connectivity index (χ0) is 13.3. The number of nitrogens with two attached hydrogens (primary N) is 1. The summed E-state index contributed by atoms with van der Waals surface area (Å²) in [7, 11) is 0. The molecule has 1 aromatic heterocycles. The predicted octanol–water partition coefficient (Wildman–Crippen LogP) is 2.43. The Hall–Kier alpha value is -1.39. The highest BCUT2D eigenvalue weighted by Gasteiger charge is 2.11. The Bertz CT molecular complexity index is 560. The smallest absolute Gasteiger partial charge is 0.148 e. The lowest BCUT2D eigenvalue weighted by Gasteiger charge is -2.12. The molecule has 0 aliphatic carbocycles. The molecule has 1 unspecified atom stereocenters. The molecular formula is C13H17ClN4. The summed E-state index contributed by atoms with van der Waals surface area (Å²) in [5, 5.41) is 5.08. The van der Waals surface area contributed by atoms with E-state index in [2.05, 4.69) is 10.1 Å². The minimum atomic E-state index is 0.0925. The van der Waals surface area contributed by atoms with Gasteiger partial charge in [-0.05, 0) is 44.9 Å². The van der Waals surface area contributed by atoms with Gasteiger partial charge in [-0.1, -0.05) is 17.7 Å². The van der Waals surface area contributed by atoms with Gasteiger partial charge in [-0.3, -0.25) is 0 Å². The first-order valence-electron chi connectivity index (χ1n) is 5.92. The summed E-state index contributed by atoms with van der Waals surface area (Å²) in [5.41, 5.74) is 7.96. The molecule has 0 spiro atoms. The normalized spacial score (nSPS) is 12.7. The molecule has 1 aromatic carbocycles. The molecule has 5 heteroatoms. The maximum absolute atomic E-state index is 6.07. The number of aromatic nitrogens is 3. The van der Waals surface area contributed by atoms with Crippen molar-refractivity contribution in [1.29, 1.82) is 0 Å². The van der Waals surface area contributed by atoms with E-state index in [0.29, 0.717) is 5.02 Å². The quantitative estimate of drug-likeness (QED) is 0.926. The molecule has 2 aromatic rings. The van der Waals surface area contributed by atoms with Gasteiger partial charge in [-0.2, -0.15) is 5.10 Å². The fourth-order valence-electron chi connectivity index (χ4n) is 2.00. The second-order valence-electron chi connectivity index (χ2n) is 4.57. The van der Waals surface area contributed by atoms with Crippen LogP contribution in [0.1, 0.15) is 24.1 Å². The second kappa shape index (κ2) is 5.08. The number of halogens is 1. The zero-order valence-electron chi connectivity index (χ0n) is 10.8. The Balaban J connectivity index is 2.54. The maximum Gasteiger partial charge on any atom is 0.148 e. The van der Waals surface area contributed by atoms with Gasteiger partial charge in [0.1, 0.15) is 11.6 Å². The van der Waals surface area contributed by atoms with Crippen LogP contribution >= 0.6 is 11.6 Å². The summed E-state index contributed by atoms with van der Waals surface area (Å²) in [4.78, 5) is 4.31. The summed E-state index contributed by atoms with van der Waals surface area (Å²) >= 11 is 6.07. The first-order chi connectivity index (χ1) is 8.47. The van der Waals surface area contributed by atoms with Crippen LogP contribution in [0.25, 0.3) is 5.69 Å². The lowest BCUT2D eigenvalue weighted by atomic mass is 10.1. The number of benzene rings is 1. The highest BCUT2D eigenvalue weighted by molar-refractivity contribution is 6.30. The molecule has 0 saturated heterocycles. The minimum absolute atomic E-state index is 0.0925. The van der Waals surface area contributed by atoms with Gasteiger partial charge < -0.3 is 5.73 Å². The molecule has 96 valence electrons. The Morgan fingerprint density at radius 1 is 1.39 bits per heavy atom. The first-order valence-corrected chi connectivity index (χ1v) is 6.30. The molecule has 0 saturated carbocycles. The van der Waals surface area contributed by atoms with Crippen molar-refractivity contribution in [2.45, 2.75) is 33.2 Å². The van der Waals surface area contributed by atoms with E-state index >= 15 is 0 Å². The van der Waals surface area contributed by atoms with Crippen LogP contribution in [0.3, 0.4) is 0 Å². The molecule has 1 atom stereocenters. The van der Waals surface area contributed by atoms with Crippen molar-refractivity contribution in [2.75, 3.05) is 0 Å². The zero-order valence-corrected chi connectivity index (χ0v) is 11.6. The molecule has 2 rings (SSSR count). The van der Waals surface area contributed by atoms with Crippen LogP contribution in [-0.4, -0.2) is 20.8 Å². The van der Waals surface area contributed by atoms with Crippen LogP contribution in [0.15, 0.2) is 18.2 Å². The van der Waals surface area contributed by atoms with Crippen LogP contribution in [0.4, 0.5) is 0 Å². The highest BCUT2D eigenvalue weighted by atomic mass is 35.5. The van der Waals surface area contributed by atoms with Gasteiger partial charge in [0.05, 0.1) is 5.69 Å². The van der Waals surface area contributed by atoms with E-state index in [4.69, 9.17) is 17.3 Å². The standard InChI is InChI=1S/C13H17ClN4/c1-8(15)6-11-4-5-12(14)7-13(11)18-10(3)16-9(2)17-18/h4-5,7-8H,6,15H2,1-3H3. The third-order valence-electron chi connectivity index (χ3n) is 2.69. The Morgan fingerprint density at radius 2 is 2.11 bits per heavy atom. The van der Waals surface area contributed by atoms with Gasteiger partial charge in [-0.25, -0.2) is 9.67 Å². The largest absolute Gasteiger partial charge is 0.328 e. The molecule has 0 bridgehead atoms. The molecule has 0 radical (unpaired) electrons. The van der Waals surface area contributed by atoms with Crippen molar-refractivity contribution < 1.29 is 0 Å². The summed E-state index contributed by atoms with van der Waals surface area (Å²) in [6.45, 7) is 5.79. The molecule has 0 aliphatic rings. The van der Waals surface area contributed by atoms with E-state index in [1.54, 1.807) is 0 Å². The van der Waals surface area contributed by atoms with Crippen molar-refractivity contribution in [3.63, 3.8) is 0 Å². The first kappa shape index (κ1) is 13.1. The predicted molar refractivity (Wildman–Crippen MR) is 73.2 cm³/mol. The number of hydrogen-bond donors (Lipinski definition) is 1. The van der Waals surface area contributed by atoms with Crippen LogP contribution < -0.4 is 5.73 Å². The summed E-state index contributed by atoms with van der Waals surface area (Å²) in [5.74, 6) is 1.60. The Morgan fingerprint density at radius 3 is 2.67 bits per heavy atom. The fourth-order valence-corrected chi connectivity index (χ4v) is 2.17. The van der Waals surface area contributed by atoms with Gasteiger partial charge >= 0.3 is 0 Å². The van der Waals surface area contributed by atoms with Crippen molar-refractivity contribution in [2.24, 2.45) is 5.73 Å². The minimum Gasteiger partial charge on any atom is -0.328 e. The number of aryl methyl sites for hydroxylation is 2. The third-order valence-corrected chi connectivity index (χ3v) is 2.93. The molecular weight excluding hydrogens is 248 g/mol. The van der Waals surface area contributed by atoms with Crippen LogP contribution in [0.2, 0.25) is 5.02 Å². The van der Waals surface area contributed by atoms with E-state index < -0.39 is 0 Å². The lowest BCUT2D eigenvalue weighted by molar-refractivity contribution is 0.723. The molecule has 0 fully saturated rings. The maximum atomic E-state index is 6.07. The summed E-state index contributed by atoms with van der Waals surface area (Å²) in [6.07, 6.45) is 0.783. The van der Waals surface area contributed by atoms with Crippen molar-refractivity contribution in [3.05, 3.63) is 40.4 Å². The third kappa shape index (κ3) is 2.71. The van der Waals surface area contributed by atoms with Crippen LogP contribution in [0.5, 0.6) is 0 Å². The highest BCUT2D eigenvalue weighted by Crippen LogP contribution is 2.21. The van der Waals surface area contributed by atoms with Gasteiger partial charge in [-0.15, -0.1) is 0 Å². The van der Waals surface area contributed by atoms with E-state index in [9.17, 15) is 0 Å². The SMILES string of the molecule is Cc1nc(C)n(-c2cc(Cl)ccc2CC(C)N)n1. The van der Waals surface area contributed by atoms with Crippen molar-refractivity contribution in [1.82, 2.24) is 14.8 Å². The molecule has 4 nitrogen and oxygen atoms in total. The molecule has 2 N–H and O–H groups in total. The second-order valence-corrected chi connectivity index (χ2v) is 5.01. The molecule has 1 heterocycles. The van der Waals surface area contributed by atoms with Crippen LogP contribution in [0, 0.1) is 13.8 Å². The van der Waals surface area contributed by atoms with Gasteiger partial charge in [0.25, 0.3) is 0 Å². The summed E-state index contributed by atoms with van der Waals surface area (Å²) < 4.78 is 1.82. The van der Waals surface area contributed by atoms with E-state index in [1.165, 1.54) is 0 Å². The molecule has 0 aliphatic heterocycles. The van der Waals surface area contributed by atoms with Gasteiger partial charge in [0.15, 0.2) is 0 Å². The van der Waals surface area contributed by atoms with Crippen molar-refractivity contribution >= 4 is 11.6 Å². The van der Waals surface area contributed by atoms with E-state index in [0.717, 1.165) is 29.3 Å². The average Bonchev–Trinajstić information content (AvgIpc) is 2.60. The topological polar surface area (TPSA) is 56.7 Å². The fraction of sp³-hybridized carbons (Fsp3) is 0.385. The number of nitrogens with zero attached hydrogens (tertiary/aromatic N) is 3. The Labute approximate surface area is 112 Å². The van der Waals surface area contributed by atoms with Gasteiger partial charge in [0, 0.05) is 11.1 Å². The van der Waals surface area contributed by atoms with E-state index in [-0.39, 0.29) is 6.04 Å². The molecule has 18 heavy (non-hydrogen) atoms. The monoisotopic (exact) mass is 264 g/mol. The van der Waals surface area contributed by atoms with Gasteiger partial charge in [0.2, 0.25) is 0 Å². The Kier molecular flexibility index (Phi) is 3.68. The van der Waals surface area contributed by atoms with E-state index in [1.807, 2.05) is 43.7 Å². The number of hydrogen-bond acceptors (Lipinski definition) is 3. The lowest BCUT2D eigenvalue weighted by Crippen LogP contribution is -2.19.